The minimum absolute atomic E-state index is 0.338. The van der Waals surface area contributed by atoms with Crippen LogP contribution < -0.4 is 4.74 Å². The predicted octanol–water partition coefficient (Wildman–Crippen LogP) is 4.17. The third-order valence-corrected chi connectivity index (χ3v) is 3.31. The number of hydrogen-bond acceptors (Lipinski definition) is 3. The summed E-state index contributed by atoms with van der Waals surface area (Å²) >= 11 is 2.22. The first-order valence-corrected chi connectivity index (χ1v) is 6.64. The number of benzene rings is 2. The molecule has 0 aliphatic carbocycles. The second-order valence-corrected chi connectivity index (χ2v) is 5.14. The summed E-state index contributed by atoms with van der Waals surface area (Å²) in [5, 5.41) is 0.557. The summed E-state index contributed by atoms with van der Waals surface area (Å²) in [7, 11) is 0. The highest BCUT2D eigenvalue weighted by molar-refractivity contribution is 14.1. The average molecular weight is 366 g/mol. The van der Waals surface area contributed by atoms with Gasteiger partial charge in [0.25, 0.3) is 0 Å². The molecule has 0 saturated heterocycles. The Morgan fingerprint density at radius 2 is 1.79 bits per heavy atom. The lowest BCUT2D eigenvalue weighted by Crippen LogP contribution is -1.92. The maximum Gasteiger partial charge on any atom is 0.230 e. The lowest BCUT2D eigenvalue weighted by molar-refractivity contribution is 0.467. The van der Waals surface area contributed by atoms with Gasteiger partial charge in [0.1, 0.15) is 17.9 Å². The zero-order chi connectivity index (χ0) is 13.2. The van der Waals surface area contributed by atoms with E-state index in [1.54, 1.807) is 6.07 Å². The van der Waals surface area contributed by atoms with E-state index in [1.807, 2.05) is 24.3 Å². The molecule has 3 rings (SSSR count). The Balaban J connectivity index is 2.05. The van der Waals surface area contributed by atoms with Crippen LogP contribution in [-0.2, 0) is 0 Å². The fourth-order valence-corrected chi connectivity index (χ4v) is 2.06. The normalized spacial score (nSPS) is 10.6. The number of fused-ring (bicyclic) bond motifs is 1. The highest BCUT2D eigenvalue weighted by atomic mass is 127. The Bertz CT molecular complexity index is 731. The molecule has 0 saturated carbocycles. The van der Waals surface area contributed by atoms with Crippen LogP contribution in [0.3, 0.4) is 0 Å². The summed E-state index contributed by atoms with van der Waals surface area (Å²) < 4.78 is 20.1. The first-order chi connectivity index (χ1) is 9.22. The molecule has 3 aromatic rings. The van der Waals surface area contributed by atoms with Crippen LogP contribution in [0.1, 0.15) is 0 Å². The quantitative estimate of drug-likeness (QED) is 0.639. The van der Waals surface area contributed by atoms with Crippen LogP contribution in [0.4, 0.5) is 4.39 Å². The molecule has 0 unspecified atom stereocenters. The SMILES string of the molecule is Fc1ccc2ncnc(Oc3ccc(I)cc3)c2c1. The van der Waals surface area contributed by atoms with Crippen LogP contribution in [-0.4, -0.2) is 9.97 Å². The van der Waals surface area contributed by atoms with Gasteiger partial charge in [0.15, 0.2) is 0 Å². The van der Waals surface area contributed by atoms with Crippen molar-refractivity contribution in [2.24, 2.45) is 0 Å². The standard InChI is InChI=1S/C14H8FIN2O/c15-9-1-6-13-12(7-9)14(18-8-17-13)19-11-4-2-10(16)3-5-11/h1-8H. The summed E-state index contributed by atoms with van der Waals surface area (Å²) in [6.45, 7) is 0. The molecule has 0 aliphatic rings. The molecule has 5 heteroatoms. The van der Waals surface area contributed by atoms with E-state index in [0.29, 0.717) is 22.5 Å². The lowest BCUT2D eigenvalue weighted by atomic mass is 10.2. The zero-order valence-corrected chi connectivity index (χ0v) is 11.8. The fraction of sp³-hybridized carbons (Fsp3) is 0. The highest BCUT2D eigenvalue weighted by Gasteiger charge is 2.07. The number of ether oxygens (including phenoxy) is 1. The van der Waals surface area contributed by atoms with Crippen LogP contribution in [0.15, 0.2) is 48.8 Å². The summed E-state index contributed by atoms with van der Waals surface area (Å²) in [5.74, 6) is 0.671. The number of halogens is 2. The number of nitrogens with zero attached hydrogens (tertiary/aromatic N) is 2. The number of aromatic nitrogens is 2. The van der Waals surface area contributed by atoms with Crippen LogP contribution >= 0.6 is 22.6 Å². The molecule has 0 radical (unpaired) electrons. The van der Waals surface area contributed by atoms with E-state index in [4.69, 9.17) is 4.74 Å². The number of rotatable bonds is 2. The molecule has 0 aliphatic heterocycles. The van der Waals surface area contributed by atoms with Gasteiger partial charge in [-0.2, -0.15) is 0 Å². The average Bonchev–Trinajstić information content (AvgIpc) is 2.42. The van der Waals surface area contributed by atoms with E-state index in [2.05, 4.69) is 32.6 Å². The minimum atomic E-state index is -0.338. The van der Waals surface area contributed by atoms with Crippen molar-refractivity contribution in [2.75, 3.05) is 0 Å². The van der Waals surface area contributed by atoms with Gasteiger partial charge in [-0.05, 0) is 65.1 Å². The van der Waals surface area contributed by atoms with Crippen molar-refractivity contribution >= 4 is 33.5 Å². The van der Waals surface area contributed by atoms with Crippen LogP contribution in [0.2, 0.25) is 0 Å². The van der Waals surface area contributed by atoms with E-state index in [0.717, 1.165) is 3.57 Å². The lowest BCUT2D eigenvalue weighted by Gasteiger charge is -2.07. The Morgan fingerprint density at radius 3 is 2.58 bits per heavy atom. The van der Waals surface area contributed by atoms with Gasteiger partial charge in [-0.15, -0.1) is 0 Å². The van der Waals surface area contributed by atoms with Gasteiger partial charge in [0, 0.05) is 3.57 Å². The molecule has 1 aromatic heterocycles. The Kier molecular flexibility index (Phi) is 3.29. The van der Waals surface area contributed by atoms with Gasteiger partial charge >= 0.3 is 0 Å². The van der Waals surface area contributed by atoms with Crippen molar-refractivity contribution in [3.05, 3.63) is 58.2 Å². The first-order valence-electron chi connectivity index (χ1n) is 5.56. The maximum absolute atomic E-state index is 13.3. The number of hydrogen-bond donors (Lipinski definition) is 0. The second-order valence-electron chi connectivity index (χ2n) is 3.90. The molecule has 0 amide bonds. The Hall–Kier alpha value is -1.76. The van der Waals surface area contributed by atoms with Crippen molar-refractivity contribution in [1.82, 2.24) is 9.97 Å². The van der Waals surface area contributed by atoms with Gasteiger partial charge in [-0.25, -0.2) is 14.4 Å². The van der Waals surface area contributed by atoms with Crippen LogP contribution in [0.25, 0.3) is 10.9 Å². The smallest absolute Gasteiger partial charge is 0.230 e. The van der Waals surface area contributed by atoms with E-state index in [1.165, 1.54) is 18.5 Å². The molecule has 3 nitrogen and oxygen atoms in total. The Labute approximate surface area is 122 Å². The molecule has 1 heterocycles. The van der Waals surface area contributed by atoms with Gasteiger partial charge in [-0.1, -0.05) is 0 Å². The molecule has 0 atom stereocenters. The largest absolute Gasteiger partial charge is 0.438 e. The topological polar surface area (TPSA) is 35.0 Å². The van der Waals surface area contributed by atoms with Crippen molar-refractivity contribution < 1.29 is 9.13 Å². The van der Waals surface area contributed by atoms with E-state index < -0.39 is 0 Å². The first kappa shape index (κ1) is 12.3. The van der Waals surface area contributed by atoms with E-state index in [-0.39, 0.29) is 5.82 Å². The monoisotopic (exact) mass is 366 g/mol. The Morgan fingerprint density at radius 1 is 1.00 bits per heavy atom. The molecule has 2 aromatic carbocycles. The third-order valence-electron chi connectivity index (χ3n) is 2.59. The second kappa shape index (κ2) is 5.08. The van der Waals surface area contributed by atoms with Crippen molar-refractivity contribution in [3.63, 3.8) is 0 Å². The molecule has 0 bridgehead atoms. The van der Waals surface area contributed by atoms with Crippen molar-refractivity contribution in [1.29, 1.82) is 0 Å². The molecular formula is C14H8FIN2O. The molecule has 94 valence electrons. The molecule has 0 N–H and O–H groups in total. The summed E-state index contributed by atoms with van der Waals surface area (Å²) in [4.78, 5) is 8.14. The van der Waals surface area contributed by atoms with Crippen molar-refractivity contribution in [3.8, 4) is 11.6 Å². The van der Waals surface area contributed by atoms with E-state index in [9.17, 15) is 4.39 Å². The van der Waals surface area contributed by atoms with Crippen molar-refractivity contribution in [2.45, 2.75) is 0 Å². The molecule has 0 fully saturated rings. The molecule has 19 heavy (non-hydrogen) atoms. The highest BCUT2D eigenvalue weighted by Crippen LogP contribution is 2.27. The summed E-state index contributed by atoms with van der Waals surface area (Å²) in [6, 6.07) is 11.9. The molecular weight excluding hydrogens is 358 g/mol. The van der Waals surface area contributed by atoms with Gasteiger partial charge < -0.3 is 4.74 Å². The third kappa shape index (κ3) is 2.65. The predicted molar refractivity (Wildman–Crippen MR) is 78.7 cm³/mol. The maximum atomic E-state index is 13.3. The fourth-order valence-electron chi connectivity index (χ4n) is 1.70. The van der Waals surface area contributed by atoms with Crippen LogP contribution in [0.5, 0.6) is 11.6 Å². The summed E-state index contributed by atoms with van der Waals surface area (Å²) in [6.07, 6.45) is 1.41. The van der Waals surface area contributed by atoms with Crippen LogP contribution in [0, 0.1) is 9.39 Å². The molecule has 0 spiro atoms. The van der Waals surface area contributed by atoms with Gasteiger partial charge in [-0.3, -0.25) is 0 Å². The minimum Gasteiger partial charge on any atom is -0.438 e. The van der Waals surface area contributed by atoms with E-state index >= 15 is 0 Å². The van der Waals surface area contributed by atoms with Gasteiger partial charge in [0.05, 0.1) is 10.9 Å². The zero-order valence-electron chi connectivity index (χ0n) is 9.68. The van der Waals surface area contributed by atoms with Gasteiger partial charge in [0.2, 0.25) is 5.88 Å². The summed E-state index contributed by atoms with van der Waals surface area (Å²) in [5.41, 5.74) is 0.650.